The van der Waals surface area contributed by atoms with Gasteiger partial charge in [0.1, 0.15) is 6.54 Å². The topological polar surface area (TPSA) is 86.7 Å². The number of carbonyl (C=O) groups is 3. The number of thioether (sulfide) groups is 1. The van der Waals surface area contributed by atoms with E-state index in [4.69, 9.17) is 5.11 Å². The number of carbonyl (C=O) groups excluding carboxylic acids is 2. The molecule has 0 aliphatic carbocycles. The molecule has 1 unspecified atom stereocenters. The number of fused-ring (bicyclic) bond motifs is 1. The summed E-state index contributed by atoms with van der Waals surface area (Å²) in [6.07, 6.45) is -0.202. The van der Waals surface area contributed by atoms with Gasteiger partial charge in [-0.2, -0.15) is 0 Å². The number of para-hydroxylation sites is 1. The average Bonchev–Trinajstić information content (AvgIpc) is 3.11. The van der Waals surface area contributed by atoms with Crippen molar-refractivity contribution in [3.63, 3.8) is 0 Å². The summed E-state index contributed by atoms with van der Waals surface area (Å²) in [5.41, 5.74) is 0.713. The molecule has 1 aromatic carbocycles. The number of hydrogen-bond donors (Lipinski definition) is 2. The van der Waals surface area contributed by atoms with Crippen LogP contribution in [-0.2, 0) is 14.4 Å². The maximum Gasteiger partial charge on any atom is 0.305 e. The van der Waals surface area contributed by atoms with E-state index in [1.165, 1.54) is 28.0 Å². The molecular weight excluding hydrogens is 360 g/mol. The lowest BCUT2D eigenvalue weighted by molar-refractivity contribution is -0.137. The quantitative estimate of drug-likeness (QED) is 0.809. The molecule has 0 spiro atoms. The van der Waals surface area contributed by atoms with Crippen LogP contribution >= 0.6 is 23.1 Å². The van der Waals surface area contributed by atoms with Gasteiger partial charge in [0.05, 0.1) is 23.9 Å². The lowest BCUT2D eigenvalue weighted by Crippen LogP contribution is -2.44. The molecule has 8 heteroatoms. The fraction of sp³-hybridized carbons (Fsp3) is 0.235. The molecule has 0 fully saturated rings. The SMILES string of the molecule is O=C(O)CC(NC(=O)CN1C(=O)CSc2ccccc21)c1cccs1. The molecule has 1 atom stereocenters. The Morgan fingerprint density at radius 1 is 1.24 bits per heavy atom. The summed E-state index contributed by atoms with van der Waals surface area (Å²) in [6, 6.07) is 10.4. The number of aliphatic carboxylic acids is 1. The number of anilines is 1. The predicted molar refractivity (Wildman–Crippen MR) is 97.0 cm³/mol. The first-order valence-electron chi connectivity index (χ1n) is 7.61. The van der Waals surface area contributed by atoms with E-state index in [0.717, 1.165) is 9.77 Å². The maximum atomic E-state index is 12.5. The van der Waals surface area contributed by atoms with E-state index in [0.29, 0.717) is 5.69 Å². The van der Waals surface area contributed by atoms with Gasteiger partial charge < -0.3 is 15.3 Å². The largest absolute Gasteiger partial charge is 0.481 e. The molecule has 1 aromatic heterocycles. The molecule has 2 heterocycles. The maximum absolute atomic E-state index is 12.5. The number of nitrogens with zero attached hydrogens (tertiary/aromatic N) is 1. The molecule has 0 bridgehead atoms. The predicted octanol–water partition coefficient (Wildman–Crippen LogP) is 2.52. The zero-order valence-corrected chi connectivity index (χ0v) is 14.8. The van der Waals surface area contributed by atoms with Crippen LogP contribution in [0.4, 0.5) is 5.69 Å². The van der Waals surface area contributed by atoms with Crippen molar-refractivity contribution in [1.82, 2.24) is 5.32 Å². The smallest absolute Gasteiger partial charge is 0.305 e. The lowest BCUT2D eigenvalue weighted by Gasteiger charge is -2.29. The van der Waals surface area contributed by atoms with Crippen LogP contribution in [0.2, 0.25) is 0 Å². The molecule has 0 saturated carbocycles. The van der Waals surface area contributed by atoms with Gasteiger partial charge in [-0.3, -0.25) is 14.4 Å². The molecule has 2 N–H and O–H groups in total. The van der Waals surface area contributed by atoms with Gasteiger partial charge in [-0.15, -0.1) is 23.1 Å². The van der Waals surface area contributed by atoms with Crippen LogP contribution in [0.3, 0.4) is 0 Å². The second kappa shape index (κ2) is 7.71. The zero-order chi connectivity index (χ0) is 17.8. The first-order valence-corrected chi connectivity index (χ1v) is 9.48. The zero-order valence-electron chi connectivity index (χ0n) is 13.2. The van der Waals surface area contributed by atoms with Crippen molar-refractivity contribution in [1.29, 1.82) is 0 Å². The molecule has 130 valence electrons. The van der Waals surface area contributed by atoms with Gasteiger partial charge >= 0.3 is 5.97 Å². The van der Waals surface area contributed by atoms with Crippen molar-refractivity contribution in [3.8, 4) is 0 Å². The number of rotatable bonds is 6. The van der Waals surface area contributed by atoms with Crippen LogP contribution in [0.5, 0.6) is 0 Å². The summed E-state index contributed by atoms with van der Waals surface area (Å²) in [4.78, 5) is 38.9. The molecular formula is C17H16N2O4S2. The van der Waals surface area contributed by atoms with Crippen LogP contribution in [0, 0.1) is 0 Å². The van der Waals surface area contributed by atoms with E-state index in [-0.39, 0.29) is 30.5 Å². The van der Waals surface area contributed by atoms with Crippen molar-refractivity contribution < 1.29 is 19.5 Å². The van der Waals surface area contributed by atoms with Gasteiger partial charge in [0.2, 0.25) is 11.8 Å². The monoisotopic (exact) mass is 376 g/mol. The van der Waals surface area contributed by atoms with Gasteiger partial charge in [0.25, 0.3) is 0 Å². The first-order chi connectivity index (χ1) is 12.0. The van der Waals surface area contributed by atoms with E-state index in [1.54, 1.807) is 12.1 Å². The molecule has 0 saturated heterocycles. The minimum Gasteiger partial charge on any atom is -0.481 e. The Hall–Kier alpha value is -2.32. The van der Waals surface area contributed by atoms with Gasteiger partial charge in [0.15, 0.2) is 0 Å². The Balaban J connectivity index is 1.73. The number of carboxylic acid groups (broad SMARTS) is 1. The number of hydrogen-bond acceptors (Lipinski definition) is 5. The molecule has 0 radical (unpaired) electrons. The van der Waals surface area contributed by atoms with Gasteiger partial charge in [-0.1, -0.05) is 18.2 Å². The molecule has 2 amide bonds. The summed E-state index contributed by atoms with van der Waals surface area (Å²) in [5.74, 6) is -1.22. The van der Waals surface area contributed by atoms with Crippen LogP contribution in [-0.4, -0.2) is 35.2 Å². The average molecular weight is 376 g/mol. The highest BCUT2D eigenvalue weighted by molar-refractivity contribution is 8.00. The number of nitrogens with one attached hydrogen (secondary N) is 1. The highest BCUT2D eigenvalue weighted by Crippen LogP contribution is 2.34. The lowest BCUT2D eigenvalue weighted by atomic mass is 10.1. The minimum absolute atomic E-state index is 0.127. The normalized spacial score (nSPS) is 14.7. The van der Waals surface area contributed by atoms with Crippen molar-refractivity contribution in [2.24, 2.45) is 0 Å². The third-order valence-electron chi connectivity index (χ3n) is 3.71. The van der Waals surface area contributed by atoms with Gasteiger partial charge in [-0.25, -0.2) is 0 Å². The van der Waals surface area contributed by atoms with E-state index >= 15 is 0 Å². The highest BCUT2D eigenvalue weighted by atomic mass is 32.2. The third-order valence-corrected chi connectivity index (χ3v) is 5.74. The fourth-order valence-electron chi connectivity index (χ4n) is 2.60. The number of benzene rings is 1. The number of thiophene rings is 1. The Morgan fingerprint density at radius 2 is 2.04 bits per heavy atom. The summed E-state index contributed by atoms with van der Waals surface area (Å²) in [6.45, 7) is -0.127. The minimum atomic E-state index is -0.991. The second-order valence-corrected chi connectivity index (χ2v) is 7.47. The third kappa shape index (κ3) is 4.21. The molecule has 6 nitrogen and oxygen atoms in total. The standard InChI is InChI=1S/C17H16N2O4S2/c20-15(18-11(8-17(22)23)13-6-3-7-24-13)9-19-12-4-1-2-5-14(12)25-10-16(19)21/h1-7,11H,8-10H2,(H,18,20)(H,22,23). The molecule has 3 rings (SSSR count). The van der Waals surface area contributed by atoms with Crippen molar-refractivity contribution in [2.75, 3.05) is 17.2 Å². The number of amides is 2. The van der Waals surface area contributed by atoms with Gasteiger partial charge in [0, 0.05) is 9.77 Å². The molecule has 2 aromatic rings. The van der Waals surface area contributed by atoms with E-state index in [9.17, 15) is 14.4 Å². The van der Waals surface area contributed by atoms with Crippen LogP contribution in [0.25, 0.3) is 0 Å². The Kier molecular flexibility index (Phi) is 5.40. The van der Waals surface area contributed by atoms with Crippen LogP contribution in [0.15, 0.2) is 46.7 Å². The summed E-state index contributed by atoms with van der Waals surface area (Å²) >= 11 is 2.84. The highest BCUT2D eigenvalue weighted by Gasteiger charge is 2.27. The van der Waals surface area contributed by atoms with Crippen LogP contribution < -0.4 is 10.2 Å². The Labute approximate surface area is 152 Å². The molecule has 25 heavy (non-hydrogen) atoms. The Bertz CT molecular complexity index is 792. The van der Waals surface area contributed by atoms with E-state index in [1.807, 2.05) is 29.6 Å². The summed E-state index contributed by atoms with van der Waals surface area (Å²) in [5, 5.41) is 13.6. The first kappa shape index (κ1) is 17.5. The number of carboxylic acids is 1. The summed E-state index contributed by atoms with van der Waals surface area (Å²) in [7, 11) is 0. The van der Waals surface area contributed by atoms with Crippen molar-refractivity contribution in [3.05, 3.63) is 46.7 Å². The van der Waals surface area contributed by atoms with E-state index in [2.05, 4.69) is 5.32 Å². The molecule has 1 aliphatic rings. The molecule has 1 aliphatic heterocycles. The van der Waals surface area contributed by atoms with Gasteiger partial charge in [-0.05, 0) is 23.6 Å². The Morgan fingerprint density at radius 3 is 2.76 bits per heavy atom. The second-order valence-electron chi connectivity index (χ2n) is 5.47. The van der Waals surface area contributed by atoms with Crippen LogP contribution in [0.1, 0.15) is 17.3 Å². The summed E-state index contributed by atoms with van der Waals surface area (Å²) < 4.78 is 0. The van der Waals surface area contributed by atoms with Crippen molar-refractivity contribution >= 4 is 46.6 Å². The van der Waals surface area contributed by atoms with E-state index < -0.39 is 12.0 Å². The van der Waals surface area contributed by atoms with Crippen molar-refractivity contribution in [2.45, 2.75) is 17.4 Å². The fourth-order valence-corrected chi connectivity index (χ4v) is 4.31.